The molecule has 2 N–H and O–H groups in total. The van der Waals surface area contributed by atoms with Gasteiger partial charge in [0.1, 0.15) is 0 Å². The normalized spacial score (nSPS) is 20.0. The number of nitrogens with two attached hydrogens (primary N) is 1. The summed E-state index contributed by atoms with van der Waals surface area (Å²) >= 11 is 0. The van der Waals surface area contributed by atoms with E-state index in [9.17, 15) is 13.2 Å². The van der Waals surface area contributed by atoms with Gasteiger partial charge in [0.15, 0.2) is 11.5 Å². The first kappa shape index (κ1) is 20.7. The zero-order valence-electron chi connectivity index (χ0n) is 16.9. The molecule has 1 amide bonds. The molecule has 1 saturated carbocycles. The van der Waals surface area contributed by atoms with Gasteiger partial charge in [0.2, 0.25) is 15.9 Å². The van der Waals surface area contributed by atoms with Gasteiger partial charge < -0.3 is 14.4 Å². The van der Waals surface area contributed by atoms with E-state index < -0.39 is 10.0 Å². The SMILES string of the molecule is COc1ccc([C@@H]2CC(=O)N(c3ccc(S(N)(=O)=O)cc3)C2)cc1OC1CCCC1. The van der Waals surface area contributed by atoms with E-state index in [1.165, 1.54) is 25.0 Å². The predicted molar refractivity (Wildman–Crippen MR) is 113 cm³/mol. The van der Waals surface area contributed by atoms with Gasteiger partial charge in [-0.1, -0.05) is 6.07 Å². The van der Waals surface area contributed by atoms with Crippen molar-refractivity contribution in [2.45, 2.75) is 49.0 Å². The van der Waals surface area contributed by atoms with Crippen molar-refractivity contribution in [2.24, 2.45) is 5.14 Å². The van der Waals surface area contributed by atoms with Gasteiger partial charge in [-0.3, -0.25) is 4.79 Å². The molecule has 0 unspecified atom stereocenters. The first-order valence-corrected chi connectivity index (χ1v) is 11.7. The number of carbonyl (C=O) groups is 1. The zero-order valence-corrected chi connectivity index (χ0v) is 17.7. The number of hydrogen-bond acceptors (Lipinski definition) is 5. The molecule has 0 bridgehead atoms. The molecule has 160 valence electrons. The highest BCUT2D eigenvalue weighted by atomic mass is 32.2. The molecular weight excluding hydrogens is 404 g/mol. The highest BCUT2D eigenvalue weighted by molar-refractivity contribution is 7.89. The van der Waals surface area contributed by atoms with Crippen LogP contribution >= 0.6 is 0 Å². The molecular formula is C22H26N2O5S. The Bertz CT molecular complexity index is 1030. The quantitative estimate of drug-likeness (QED) is 0.759. The Morgan fingerprint density at radius 1 is 1.03 bits per heavy atom. The summed E-state index contributed by atoms with van der Waals surface area (Å²) in [5, 5.41) is 5.15. The van der Waals surface area contributed by atoms with Gasteiger partial charge in [0.25, 0.3) is 0 Å². The van der Waals surface area contributed by atoms with Crippen LogP contribution in [0.1, 0.15) is 43.6 Å². The second-order valence-corrected chi connectivity index (χ2v) is 9.44. The molecule has 1 atom stereocenters. The lowest BCUT2D eigenvalue weighted by Gasteiger charge is -2.19. The number of benzene rings is 2. The van der Waals surface area contributed by atoms with Gasteiger partial charge in [-0.05, 0) is 67.6 Å². The third-order valence-electron chi connectivity index (χ3n) is 5.86. The van der Waals surface area contributed by atoms with Crippen LogP contribution in [0.2, 0.25) is 0 Å². The van der Waals surface area contributed by atoms with Crippen LogP contribution in [0.15, 0.2) is 47.4 Å². The maximum Gasteiger partial charge on any atom is 0.238 e. The minimum Gasteiger partial charge on any atom is -0.493 e. The molecule has 8 heteroatoms. The first-order chi connectivity index (χ1) is 14.3. The topological polar surface area (TPSA) is 98.9 Å². The summed E-state index contributed by atoms with van der Waals surface area (Å²) in [6, 6.07) is 11.9. The molecule has 0 radical (unpaired) electrons. The number of amides is 1. The van der Waals surface area contributed by atoms with Gasteiger partial charge in [0.05, 0.1) is 18.1 Å². The lowest BCUT2D eigenvalue weighted by Crippen LogP contribution is -2.24. The lowest BCUT2D eigenvalue weighted by atomic mass is 9.98. The minimum absolute atomic E-state index is 0.00238. The number of carbonyl (C=O) groups excluding carboxylic acids is 1. The van der Waals surface area contributed by atoms with Gasteiger partial charge in [-0.25, -0.2) is 13.6 Å². The maximum atomic E-state index is 12.7. The molecule has 0 aromatic heterocycles. The molecule has 1 aliphatic carbocycles. The van der Waals surface area contributed by atoms with E-state index in [0.717, 1.165) is 24.2 Å². The van der Waals surface area contributed by atoms with Gasteiger partial charge in [-0.15, -0.1) is 0 Å². The maximum absolute atomic E-state index is 12.7. The summed E-state index contributed by atoms with van der Waals surface area (Å²) in [5.74, 6) is 1.44. The van der Waals surface area contributed by atoms with E-state index >= 15 is 0 Å². The van der Waals surface area contributed by atoms with Crippen molar-refractivity contribution < 1.29 is 22.7 Å². The summed E-state index contributed by atoms with van der Waals surface area (Å²) in [5.41, 5.74) is 1.69. The lowest BCUT2D eigenvalue weighted by molar-refractivity contribution is -0.117. The number of anilines is 1. The third-order valence-corrected chi connectivity index (χ3v) is 6.79. The molecule has 4 rings (SSSR count). The summed E-state index contributed by atoms with van der Waals surface area (Å²) in [6.07, 6.45) is 5.07. The van der Waals surface area contributed by atoms with Crippen LogP contribution in [0.4, 0.5) is 5.69 Å². The summed E-state index contributed by atoms with van der Waals surface area (Å²) in [4.78, 5) is 14.4. The number of hydrogen-bond donors (Lipinski definition) is 1. The fourth-order valence-corrected chi connectivity index (χ4v) is 4.74. The average Bonchev–Trinajstić information content (AvgIpc) is 3.37. The standard InChI is InChI=1S/C22H26N2O5S/c1-28-20-11-6-15(12-21(20)29-18-4-2-3-5-18)16-13-22(25)24(14-16)17-7-9-19(10-8-17)30(23,26)27/h6-12,16,18H,2-5,13-14H2,1H3,(H2,23,26,27)/t16-/m1/s1. The Morgan fingerprint density at radius 3 is 2.37 bits per heavy atom. The average molecular weight is 431 g/mol. The Balaban J connectivity index is 1.53. The minimum atomic E-state index is -3.76. The molecule has 2 aromatic carbocycles. The molecule has 2 fully saturated rings. The van der Waals surface area contributed by atoms with E-state index in [0.29, 0.717) is 24.4 Å². The Labute approximate surface area is 176 Å². The van der Waals surface area contributed by atoms with E-state index in [1.807, 2.05) is 18.2 Å². The van der Waals surface area contributed by atoms with E-state index in [4.69, 9.17) is 14.6 Å². The monoisotopic (exact) mass is 430 g/mol. The van der Waals surface area contributed by atoms with Crippen LogP contribution in [0.3, 0.4) is 0 Å². The molecule has 30 heavy (non-hydrogen) atoms. The van der Waals surface area contributed by atoms with Crippen molar-refractivity contribution in [1.82, 2.24) is 0 Å². The molecule has 7 nitrogen and oxygen atoms in total. The van der Waals surface area contributed by atoms with Crippen molar-refractivity contribution in [2.75, 3.05) is 18.6 Å². The van der Waals surface area contributed by atoms with Crippen LogP contribution in [0, 0.1) is 0 Å². The Morgan fingerprint density at radius 2 is 1.73 bits per heavy atom. The summed E-state index contributed by atoms with van der Waals surface area (Å²) in [7, 11) is -2.13. The Hall–Kier alpha value is -2.58. The van der Waals surface area contributed by atoms with Crippen LogP contribution in [0.25, 0.3) is 0 Å². The van der Waals surface area contributed by atoms with E-state index in [-0.39, 0.29) is 22.8 Å². The molecule has 2 aliphatic rings. The van der Waals surface area contributed by atoms with E-state index in [2.05, 4.69) is 0 Å². The van der Waals surface area contributed by atoms with Crippen molar-refractivity contribution in [3.8, 4) is 11.5 Å². The number of primary sulfonamides is 1. The fourth-order valence-electron chi connectivity index (χ4n) is 4.22. The summed E-state index contributed by atoms with van der Waals surface area (Å²) < 4.78 is 34.6. The van der Waals surface area contributed by atoms with Gasteiger partial charge in [-0.2, -0.15) is 0 Å². The number of methoxy groups -OCH3 is 1. The summed E-state index contributed by atoms with van der Waals surface area (Å²) in [6.45, 7) is 0.517. The van der Waals surface area contributed by atoms with Crippen molar-refractivity contribution in [3.63, 3.8) is 0 Å². The smallest absolute Gasteiger partial charge is 0.238 e. The van der Waals surface area contributed by atoms with Gasteiger partial charge >= 0.3 is 0 Å². The number of rotatable bonds is 6. The van der Waals surface area contributed by atoms with Crippen molar-refractivity contribution in [3.05, 3.63) is 48.0 Å². The first-order valence-electron chi connectivity index (χ1n) is 10.1. The second-order valence-electron chi connectivity index (χ2n) is 7.88. The molecule has 0 spiro atoms. The molecule has 1 saturated heterocycles. The highest BCUT2D eigenvalue weighted by Crippen LogP contribution is 2.38. The van der Waals surface area contributed by atoms with Crippen LogP contribution in [-0.4, -0.2) is 34.1 Å². The Kier molecular flexibility index (Phi) is 5.71. The van der Waals surface area contributed by atoms with Crippen LogP contribution in [0.5, 0.6) is 11.5 Å². The van der Waals surface area contributed by atoms with E-state index in [1.54, 1.807) is 24.1 Å². The number of sulfonamides is 1. The molecule has 2 aromatic rings. The fraction of sp³-hybridized carbons (Fsp3) is 0.409. The second kappa shape index (κ2) is 8.28. The third kappa shape index (κ3) is 4.29. The largest absolute Gasteiger partial charge is 0.493 e. The molecule has 1 aliphatic heterocycles. The van der Waals surface area contributed by atoms with Crippen molar-refractivity contribution in [1.29, 1.82) is 0 Å². The van der Waals surface area contributed by atoms with Crippen LogP contribution < -0.4 is 19.5 Å². The highest BCUT2D eigenvalue weighted by Gasteiger charge is 2.32. The predicted octanol–water partition coefficient (Wildman–Crippen LogP) is 3.18. The van der Waals surface area contributed by atoms with Gasteiger partial charge in [0, 0.05) is 24.6 Å². The zero-order chi connectivity index (χ0) is 21.3. The van der Waals surface area contributed by atoms with Crippen LogP contribution in [-0.2, 0) is 14.8 Å². The molecule has 1 heterocycles. The van der Waals surface area contributed by atoms with Crippen molar-refractivity contribution >= 4 is 21.6 Å². The number of ether oxygens (including phenoxy) is 2. The number of nitrogens with zero attached hydrogens (tertiary/aromatic N) is 1.